The minimum absolute atomic E-state index is 0.521. The number of hydrogen-bond donors (Lipinski definition) is 0. The number of hydrogen-bond acceptors (Lipinski definition) is 2. The van der Waals surface area contributed by atoms with Gasteiger partial charge in [-0.15, -0.1) is 0 Å². The summed E-state index contributed by atoms with van der Waals surface area (Å²) in [6, 6.07) is 0. The molecule has 0 aliphatic carbocycles. The highest BCUT2D eigenvalue weighted by molar-refractivity contribution is 5.50. The van der Waals surface area contributed by atoms with E-state index in [1.165, 1.54) is 0 Å². The first-order valence-electron chi connectivity index (χ1n) is 2.20. The van der Waals surface area contributed by atoms with Crippen LogP contribution in [0.25, 0.3) is 0 Å². The summed E-state index contributed by atoms with van der Waals surface area (Å²) in [6.07, 6.45) is 1.40. The highest BCUT2D eigenvalue weighted by atomic mass is 16.1. The van der Waals surface area contributed by atoms with Crippen LogP contribution >= 0.6 is 0 Å². The van der Waals surface area contributed by atoms with E-state index < -0.39 is 0 Å². The summed E-state index contributed by atoms with van der Waals surface area (Å²) in [7, 11) is 3.78. The van der Waals surface area contributed by atoms with Crippen molar-refractivity contribution in [1.82, 2.24) is 4.90 Å². The lowest BCUT2D eigenvalue weighted by atomic mass is 10.4. The van der Waals surface area contributed by atoms with E-state index in [1.54, 1.807) is 0 Å². The molecule has 0 unspecified atom stereocenters. The van der Waals surface area contributed by atoms with Crippen LogP contribution in [0.4, 0.5) is 0 Å². The van der Waals surface area contributed by atoms with Crippen molar-refractivity contribution < 1.29 is 4.79 Å². The molecule has 0 aromatic carbocycles. The fraction of sp³-hybridized carbons (Fsp3) is 0.600. The lowest BCUT2D eigenvalue weighted by Crippen LogP contribution is -2.06. The van der Waals surface area contributed by atoms with Crippen molar-refractivity contribution in [3.8, 4) is 0 Å². The molecular formula is C5H10NO. The molecule has 0 spiro atoms. The molecule has 0 heterocycles. The highest BCUT2D eigenvalue weighted by Crippen LogP contribution is 1.83. The average molecular weight is 100 g/mol. The van der Waals surface area contributed by atoms with Crippen molar-refractivity contribution in [1.29, 1.82) is 0 Å². The van der Waals surface area contributed by atoms with E-state index >= 15 is 0 Å². The maximum absolute atomic E-state index is 9.65. The lowest BCUT2D eigenvalue weighted by Gasteiger charge is -2.02. The van der Waals surface area contributed by atoms with E-state index in [0.29, 0.717) is 6.42 Å². The summed E-state index contributed by atoms with van der Waals surface area (Å²) in [5, 5.41) is 0. The highest BCUT2D eigenvalue weighted by Gasteiger charge is 1.84. The topological polar surface area (TPSA) is 20.3 Å². The Bertz CT molecular complexity index is 52.0. The summed E-state index contributed by atoms with van der Waals surface area (Å²) < 4.78 is 0. The molecule has 7 heavy (non-hydrogen) atoms. The second kappa shape index (κ2) is 3.81. The molecule has 0 N–H and O–H groups in total. The van der Waals surface area contributed by atoms with Gasteiger partial charge in [0.2, 0.25) is 0 Å². The van der Waals surface area contributed by atoms with Crippen molar-refractivity contribution in [3.63, 3.8) is 0 Å². The Morgan fingerprint density at radius 1 is 1.57 bits per heavy atom. The van der Waals surface area contributed by atoms with E-state index in [9.17, 15) is 4.79 Å². The summed E-state index contributed by atoms with van der Waals surface area (Å²) in [5.74, 6) is 0. The first-order valence-corrected chi connectivity index (χ1v) is 2.20. The molecule has 0 saturated heterocycles. The maximum atomic E-state index is 9.65. The van der Waals surface area contributed by atoms with Crippen molar-refractivity contribution in [2.45, 2.75) is 6.42 Å². The van der Waals surface area contributed by atoms with Gasteiger partial charge in [-0.2, -0.15) is 0 Å². The van der Waals surface area contributed by atoms with E-state index in [-0.39, 0.29) is 0 Å². The number of carbonyl (C=O) groups is 1. The van der Waals surface area contributed by atoms with Gasteiger partial charge in [-0.05, 0) is 14.1 Å². The second-order valence-corrected chi connectivity index (χ2v) is 1.55. The minimum atomic E-state index is 0.521. The van der Waals surface area contributed by atoms with Crippen LogP contribution < -0.4 is 0 Å². The predicted octanol–water partition coefficient (Wildman–Crippen LogP) is 0.299. The molecule has 41 valence electrons. The molecule has 0 aromatic rings. The predicted molar refractivity (Wildman–Crippen MR) is 28.7 cm³/mol. The molecule has 0 fully saturated rings. The van der Waals surface area contributed by atoms with E-state index in [4.69, 9.17) is 0 Å². The molecule has 0 aliphatic heterocycles. The molecule has 0 atom stereocenters. The van der Waals surface area contributed by atoms with Crippen LogP contribution in [0.5, 0.6) is 0 Å². The van der Waals surface area contributed by atoms with Gasteiger partial charge >= 0.3 is 0 Å². The summed E-state index contributed by atoms with van der Waals surface area (Å²) in [5.41, 5.74) is 0. The van der Waals surface area contributed by atoms with Gasteiger partial charge in [0, 0.05) is 13.0 Å². The Morgan fingerprint density at radius 2 is 2.14 bits per heavy atom. The quantitative estimate of drug-likeness (QED) is 0.475. The fourth-order valence-corrected chi connectivity index (χ4v) is 0.254. The third-order valence-electron chi connectivity index (χ3n) is 0.567. The van der Waals surface area contributed by atoms with Gasteiger partial charge in [-0.1, -0.05) is 0 Å². The number of carbonyl (C=O) groups excluding carboxylic acids is 1. The summed E-state index contributed by atoms with van der Waals surface area (Å²) in [4.78, 5) is 11.5. The first kappa shape index (κ1) is 6.63. The van der Waals surface area contributed by atoms with Crippen LogP contribution in [0.3, 0.4) is 0 Å². The van der Waals surface area contributed by atoms with Crippen LogP contribution in [0.15, 0.2) is 0 Å². The Kier molecular flexibility index (Phi) is 3.61. The Morgan fingerprint density at radius 3 is 2.29 bits per heavy atom. The first-order chi connectivity index (χ1) is 3.27. The Labute approximate surface area is 44.1 Å². The van der Waals surface area contributed by atoms with Crippen LogP contribution in [0.1, 0.15) is 6.42 Å². The third-order valence-corrected chi connectivity index (χ3v) is 0.567. The molecule has 1 radical (unpaired) electrons. The largest absolute Gasteiger partial charge is 0.304 e. The third kappa shape index (κ3) is 5.63. The molecule has 2 heteroatoms. The van der Waals surface area contributed by atoms with Crippen LogP contribution in [0.2, 0.25) is 0 Å². The molecule has 0 rings (SSSR count). The van der Waals surface area contributed by atoms with Crippen LogP contribution in [-0.4, -0.2) is 25.3 Å². The second-order valence-electron chi connectivity index (χ2n) is 1.55. The zero-order valence-electron chi connectivity index (χ0n) is 4.72. The molecule has 0 bridgehead atoms. The van der Waals surface area contributed by atoms with Gasteiger partial charge in [-0.25, -0.2) is 0 Å². The van der Waals surface area contributed by atoms with Crippen LogP contribution in [0, 0.1) is 6.54 Å². The lowest BCUT2D eigenvalue weighted by molar-refractivity contribution is -0.107. The average Bonchev–Trinajstić information content (AvgIpc) is 1.61. The van der Waals surface area contributed by atoms with Gasteiger partial charge in [0.1, 0.15) is 6.29 Å². The SMILES string of the molecule is CN(C)[CH]CC=O. The van der Waals surface area contributed by atoms with Gasteiger partial charge in [-0.3, -0.25) is 0 Å². The fourth-order valence-electron chi connectivity index (χ4n) is 0.254. The standard InChI is InChI=1S/C5H10NO/c1-6(2)4-3-5-7/h4-5H,3H2,1-2H3. The van der Waals surface area contributed by atoms with Gasteiger partial charge in [0.25, 0.3) is 0 Å². The molecule has 2 nitrogen and oxygen atoms in total. The molecule has 0 aromatic heterocycles. The zero-order chi connectivity index (χ0) is 5.70. The number of rotatable bonds is 3. The maximum Gasteiger partial charge on any atom is 0.121 e. The summed E-state index contributed by atoms with van der Waals surface area (Å²) >= 11 is 0. The van der Waals surface area contributed by atoms with E-state index in [2.05, 4.69) is 0 Å². The smallest absolute Gasteiger partial charge is 0.121 e. The summed E-state index contributed by atoms with van der Waals surface area (Å²) in [6.45, 7) is 1.81. The Hall–Kier alpha value is -0.370. The normalized spacial score (nSPS) is 9.57. The van der Waals surface area contributed by atoms with Crippen LogP contribution in [-0.2, 0) is 4.79 Å². The van der Waals surface area contributed by atoms with Crippen molar-refractivity contribution in [3.05, 3.63) is 6.54 Å². The van der Waals surface area contributed by atoms with Gasteiger partial charge < -0.3 is 9.69 Å². The Balaban J connectivity index is 2.81. The van der Waals surface area contributed by atoms with Gasteiger partial charge in [0.15, 0.2) is 0 Å². The van der Waals surface area contributed by atoms with Crippen molar-refractivity contribution in [2.24, 2.45) is 0 Å². The van der Waals surface area contributed by atoms with Gasteiger partial charge in [0.05, 0.1) is 0 Å². The molecule has 0 amide bonds. The van der Waals surface area contributed by atoms with E-state index in [1.807, 2.05) is 25.5 Å². The number of aldehydes is 1. The minimum Gasteiger partial charge on any atom is -0.304 e. The molecular weight excluding hydrogens is 90.1 g/mol. The zero-order valence-corrected chi connectivity index (χ0v) is 4.72. The monoisotopic (exact) mass is 100 g/mol. The molecule has 0 aliphatic rings. The molecule has 0 saturated carbocycles. The van der Waals surface area contributed by atoms with Crippen molar-refractivity contribution >= 4 is 6.29 Å². The van der Waals surface area contributed by atoms with Crippen molar-refractivity contribution in [2.75, 3.05) is 14.1 Å². The number of nitrogens with zero attached hydrogens (tertiary/aromatic N) is 1. The van der Waals surface area contributed by atoms with E-state index in [0.717, 1.165) is 6.29 Å².